The average molecular weight is 1380 g/mol. The molecule has 15 rings (SSSR count). The molecule has 0 spiro atoms. The lowest BCUT2D eigenvalue weighted by Crippen LogP contribution is -2.50. The van der Waals surface area contributed by atoms with Crippen LogP contribution >= 0.6 is 34.0 Å². The molecule has 17 nitrogen and oxygen atoms in total. The summed E-state index contributed by atoms with van der Waals surface area (Å²) in [6.07, 6.45) is 4.67. The molecule has 2 aromatic carbocycles. The number of rotatable bonds is 12. The van der Waals surface area contributed by atoms with Crippen molar-refractivity contribution in [1.29, 1.82) is 0 Å². The fraction of sp³-hybridized carbons (Fsp3) is 0.343. The van der Waals surface area contributed by atoms with Gasteiger partial charge in [0.2, 0.25) is 17.8 Å². The number of aliphatic hydroxyl groups is 1. The number of alkyl halides is 9. The number of allylic oxidation sites excluding steroid dienone is 3. The summed E-state index contributed by atoms with van der Waals surface area (Å²) in [4.78, 5) is 42.4. The van der Waals surface area contributed by atoms with Gasteiger partial charge in [0.1, 0.15) is 31.7 Å². The molecule has 7 N–H and O–H groups in total. The molecular weight excluding hydrogens is 1310 g/mol. The van der Waals surface area contributed by atoms with Gasteiger partial charge in [0.15, 0.2) is 0 Å². The maximum Gasteiger partial charge on any atom is 0.419 e. The summed E-state index contributed by atoms with van der Waals surface area (Å²) in [5.41, 5.74) is 5.99. The van der Waals surface area contributed by atoms with Crippen LogP contribution in [0.3, 0.4) is 0 Å². The van der Waals surface area contributed by atoms with E-state index in [0.29, 0.717) is 73.3 Å². The van der Waals surface area contributed by atoms with E-state index in [-0.39, 0.29) is 58.6 Å². The van der Waals surface area contributed by atoms with Gasteiger partial charge < -0.3 is 37.0 Å². The first kappa shape index (κ1) is 66.2. The lowest BCUT2D eigenvalue weighted by Gasteiger charge is -2.36. The molecule has 6 aliphatic rings. The summed E-state index contributed by atoms with van der Waals surface area (Å²) in [6, 6.07) is 15.0. The Morgan fingerprint density at radius 2 is 0.979 bits per heavy atom. The smallest absolute Gasteiger partial charge is 0.392 e. The third-order valence-corrected chi connectivity index (χ3v) is 19.7. The summed E-state index contributed by atoms with van der Waals surface area (Å²) < 4.78 is 124. The molecule has 4 atom stereocenters. The Labute approximate surface area is 557 Å². The van der Waals surface area contributed by atoms with Gasteiger partial charge >= 0.3 is 18.5 Å². The van der Waals surface area contributed by atoms with Gasteiger partial charge in [-0.1, -0.05) is 48.6 Å². The predicted molar refractivity (Wildman–Crippen MR) is 353 cm³/mol. The predicted octanol–water partition coefficient (Wildman–Crippen LogP) is 13.5. The fourth-order valence-electron chi connectivity index (χ4n) is 12.4. The minimum atomic E-state index is -4.58. The first-order valence-electron chi connectivity index (χ1n) is 31.1. The van der Waals surface area contributed by atoms with Gasteiger partial charge in [0.25, 0.3) is 0 Å². The average Bonchev–Trinajstić information content (AvgIpc) is 1.50. The maximum atomic E-state index is 13.9. The van der Waals surface area contributed by atoms with E-state index in [2.05, 4.69) is 95.6 Å². The fourth-order valence-corrected chi connectivity index (χ4v) is 14.3. The highest BCUT2D eigenvalue weighted by molar-refractivity contribution is 7.13. The number of fused-ring (bicyclic) bond motifs is 3. The normalized spacial score (nSPS) is 19.7. The number of nitrogens with one attached hydrogen (secondary N) is 6. The Kier molecular flexibility index (Phi) is 19.0. The Morgan fingerprint density at radius 3 is 1.44 bits per heavy atom. The minimum Gasteiger partial charge on any atom is -0.392 e. The molecule has 0 radical (unpaired) electrons. The zero-order valence-corrected chi connectivity index (χ0v) is 54.0. The molecule has 96 heavy (non-hydrogen) atoms. The number of benzene rings is 2. The van der Waals surface area contributed by atoms with Crippen LogP contribution in [0.25, 0.3) is 48.6 Å². The molecule has 0 bridgehead atoms. The van der Waals surface area contributed by atoms with E-state index in [1.807, 2.05) is 58.6 Å². The van der Waals surface area contributed by atoms with Crippen molar-refractivity contribution in [2.45, 2.75) is 114 Å². The van der Waals surface area contributed by atoms with Crippen molar-refractivity contribution in [3.63, 3.8) is 0 Å². The first-order valence-corrected chi connectivity index (χ1v) is 33.8. The van der Waals surface area contributed by atoms with Gasteiger partial charge in [-0.3, -0.25) is 0 Å². The largest absolute Gasteiger partial charge is 0.419 e. The van der Waals surface area contributed by atoms with Crippen molar-refractivity contribution in [3.05, 3.63) is 187 Å². The van der Waals surface area contributed by atoms with Crippen LogP contribution in [0.5, 0.6) is 0 Å². The summed E-state index contributed by atoms with van der Waals surface area (Å²) >= 11 is 4.52. The molecule has 3 fully saturated rings. The number of aromatic nitrogens is 10. The number of halogens is 9. The van der Waals surface area contributed by atoms with Gasteiger partial charge in [-0.2, -0.15) is 39.5 Å². The standard InChI is InChI=1S/C24H24F3N5S.C22H20F3N5OS.C21H19F3N6S/c1-23(2)8-7-16(12-30-23)31-22-29-13-19(24(25,26)27)20(32-22)18-6-3-14-11-15(4-5-17(14)18)21-28-9-10-33-21;23-22(24,25)18-11-28-21(29-14-8-15(31)10-26-9-14)30-19(18)17-4-1-12-7-13(2-3-16(12)17)20-27-5-6-32-20;22-21(23,24)15-11-27-20(28-12-2-1-7-25-10-12)30-18(15)14-4-5-16-13(14)3-6-17(29-16)19-26-8-9-31-19/h4-6,9-11,13,16,30H,3,7-8,12H2,1-2H3,(H,29,31,32);2-7,11,14-15,26,31H,1,8-10H2,(H,28,29,30);3-4,6,8-9,11-12,25H,1-2,5,7,10H2,(H,27,28,30)/t16-;14-,15+;12-/m000/s1. The Morgan fingerprint density at radius 1 is 0.510 bits per heavy atom. The van der Waals surface area contributed by atoms with Gasteiger partial charge in [0.05, 0.1) is 34.6 Å². The van der Waals surface area contributed by atoms with Gasteiger partial charge in [-0.05, 0) is 106 Å². The second-order valence-corrected chi connectivity index (χ2v) is 27.2. The quantitative estimate of drug-likeness (QED) is 0.0565. The van der Waals surface area contributed by atoms with Gasteiger partial charge in [0, 0.05) is 143 Å². The molecule has 3 aliphatic heterocycles. The van der Waals surface area contributed by atoms with E-state index in [1.54, 1.807) is 42.9 Å². The Balaban J connectivity index is 0.000000130. The first-order chi connectivity index (χ1) is 46.1. The van der Waals surface area contributed by atoms with Crippen molar-refractivity contribution < 1.29 is 44.6 Å². The SMILES string of the molecule is CC1(C)CC[C@H](Nc2ncc(C(F)(F)F)c(C3=CCc4cc(-c5nccs5)ccc43)n2)CN1.FC(F)(F)c1cnc(N[C@H]2CCCNC2)nc1C1=CCc2nc(-c3nccs3)ccc21.O[C@H]1CNC[C@@H](Nc2ncc(C(F)(F)F)c(C3=CCc4cc(-c5nccs5)ccc43)n2)C1. The highest BCUT2D eigenvalue weighted by Gasteiger charge is 2.41. The Bertz CT molecular complexity index is 4350. The molecule has 0 saturated carbocycles. The molecule has 3 aliphatic carbocycles. The monoisotopic (exact) mass is 1370 g/mol. The summed E-state index contributed by atoms with van der Waals surface area (Å²) in [7, 11) is 0. The van der Waals surface area contributed by atoms with E-state index >= 15 is 0 Å². The third-order valence-electron chi connectivity index (χ3n) is 17.2. The van der Waals surface area contributed by atoms with E-state index in [0.717, 1.165) is 111 Å². The minimum absolute atomic E-state index is 0.0557. The molecule has 0 unspecified atom stereocenters. The molecule has 10 heterocycles. The van der Waals surface area contributed by atoms with E-state index in [1.165, 1.54) is 34.0 Å². The second-order valence-electron chi connectivity index (χ2n) is 24.5. The highest BCUT2D eigenvalue weighted by Crippen LogP contribution is 2.45. The number of pyridine rings is 1. The maximum absolute atomic E-state index is 13.9. The lowest BCUT2D eigenvalue weighted by molar-refractivity contribution is -0.139. The van der Waals surface area contributed by atoms with E-state index in [9.17, 15) is 44.6 Å². The molecule has 9 aromatic rings. The van der Waals surface area contributed by atoms with Crippen LogP contribution in [-0.4, -0.2) is 117 Å². The lowest BCUT2D eigenvalue weighted by atomic mass is 9.91. The van der Waals surface area contributed by atoms with Crippen LogP contribution < -0.4 is 31.9 Å². The van der Waals surface area contributed by atoms with Crippen molar-refractivity contribution >= 4 is 68.6 Å². The van der Waals surface area contributed by atoms with Crippen molar-refractivity contribution in [1.82, 2.24) is 65.8 Å². The molecular formula is C67H63F9N16OS3. The topological polar surface area (TPSA) is 221 Å². The summed E-state index contributed by atoms with van der Waals surface area (Å²) in [6.45, 7) is 7.72. The van der Waals surface area contributed by atoms with Crippen LogP contribution in [0.2, 0.25) is 0 Å². The summed E-state index contributed by atoms with van der Waals surface area (Å²) in [5, 5.41) is 37.3. The number of aliphatic hydroxyl groups excluding tert-OH is 1. The number of hydrogen-bond donors (Lipinski definition) is 7. The van der Waals surface area contributed by atoms with Crippen molar-refractivity contribution in [3.8, 4) is 31.8 Å². The highest BCUT2D eigenvalue weighted by atomic mass is 32.1. The zero-order chi connectivity index (χ0) is 66.9. The molecule has 7 aromatic heterocycles. The van der Waals surface area contributed by atoms with E-state index < -0.39 is 41.3 Å². The number of anilines is 3. The molecule has 3 saturated heterocycles. The number of thiazole rings is 3. The third kappa shape index (κ3) is 15.1. The second kappa shape index (κ2) is 27.6. The van der Waals surface area contributed by atoms with Crippen molar-refractivity contribution in [2.24, 2.45) is 0 Å². The van der Waals surface area contributed by atoms with Gasteiger partial charge in [-0.15, -0.1) is 34.0 Å². The molecule has 29 heteroatoms. The zero-order valence-electron chi connectivity index (χ0n) is 51.6. The van der Waals surface area contributed by atoms with Crippen LogP contribution in [0.15, 0.2) is 120 Å². The van der Waals surface area contributed by atoms with Crippen LogP contribution in [0.4, 0.5) is 57.4 Å². The van der Waals surface area contributed by atoms with E-state index in [4.69, 9.17) is 0 Å². The van der Waals surface area contributed by atoms with Gasteiger partial charge in [-0.25, -0.2) is 49.8 Å². The summed E-state index contributed by atoms with van der Waals surface area (Å²) in [5.74, 6) is 0.541. The van der Waals surface area contributed by atoms with Crippen LogP contribution in [0.1, 0.15) is 113 Å². The van der Waals surface area contributed by atoms with Crippen LogP contribution in [-0.2, 0) is 37.8 Å². The Hall–Kier alpha value is -8.45. The number of hydrogen-bond acceptors (Lipinski definition) is 20. The molecule has 0 amide bonds. The number of β-amino-alcohol motifs (C(OH)–C–C–N with tert-alkyl or cyclic N) is 1. The number of piperidine rings is 3. The van der Waals surface area contributed by atoms with Crippen LogP contribution in [0, 0.1) is 0 Å². The molecule has 498 valence electrons. The number of nitrogens with zero attached hydrogens (tertiary/aromatic N) is 10. The van der Waals surface area contributed by atoms with Crippen molar-refractivity contribution in [2.75, 3.05) is 48.7 Å².